The zero-order valence-corrected chi connectivity index (χ0v) is 12.1. The van der Waals surface area contributed by atoms with Crippen LogP contribution < -0.4 is 0 Å². The van der Waals surface area contributed by atoms with Crippen molar-refractivity contribution in [3.05, 3.63) is 35.1 Å². The molecule has 0 aromatic carbocycles. The quantitative estimate of drug-likeness (QED) is 0.627. The molecule has 0 unspecified atom stereocenters. The number of halogens is 1. The van der Waals surface area contributed by atoms with Crippen LogP contribution in [0.15, 0.2) is 34.9 Å². The van der Waals surface area contributed by atoms with Crippen LogP contribution in [-0.4, -0.2) is 44.5 Å². The Kier molecular flexibility index (Phi) is 4.57. The summed E-state index contributed by atoms with van der Waals surface area (Å²) in [6.45, 7) is 1.38. The van der Waals surface area contributed by atoms with E-state index in [0.29, 0.717) is 26.1 Å². The molecule has 2 rings (SSSR count). The minimum absolute atomic E-state index is 0.167. The number of nitrogens with zero attached hydrogens (tertiary/aromatic N) is 2. The van der Waals surface area contributed by atoms with Crippen LogP contribution in [0.5, 0.6) is 0 Å². The fourth-order valence-electron chi connectivity index (χ4n) is 1.89. The van der Waals surface area contributed by atoms with Gasteiger partial charge in [-0.15, -0.1) is 0 Å². The van der Waals surface area contributed by atoms with Crippen molar-refractivity contribution in [2.24, 2.45) is 0 Å². The van der Waals surface area contributed by atoms with Crippen LogP contribution in [0.4, 0.5) is 0 Å². The molecule has 1 aromatic heterocycles. The minimum atomic E-state index is -3.49. The van der Waals surface area contributed by atoms with E-state index < -0.39 is 10.0 Å². The molecule has 0 amide bonds. The third-order valence-electron chi connectivity index (χ3n) is 2.93. The highest BCUT2D eigenvalue weighted by Crippen LogP contribution is 2.20. The van der Waals surface area contributed by atoms with E-state index in [2.05, 4.69) is 4.98 Å². The number of aromatic nitrogens is 1. The van der Waals surface area contributed by atoms with Gasteiger partial charge < -0.3 is 4.74 Å². The Labute approximate surface area is 117 Å². The molecule has 104 valence electrons. The van der Waals surface area contributed by atoms with Crippen LogP contribution in [0.1, 0.15) is 6.42 Å². The highest BCUT2D eigenvalue weighted by Gasteiger charge is 2.26. The van der Waals surface area contributed by atoms with Gasteiger partial charge in [-0.3, -0.25) is 0 Å². The third-order valence-corrected chi connectivity index (χ3v) is 5.01. The molecule has 0 radical (unpaired) electrons. The first-order chi connectivity index (χ1) is 9.04. The minimum Gasteiger partial charge on any atom is -0.380 e. The van der Waals surface area contributed by atoms with Crippen LogP contribution in [0, 0.1) is 0 Å². The first kappa shape index (κ1) is 14.5. The summed E-state index contributed by atoms with van der Waals surface area (Å²) in [5, 5.41) is 0.278. The summed E-state index contributed by atoms with van der Waals surface area (Å²) in [5.41, 5.74) is 1.13. The molecule has 1 aliphatic rings. The van der Waals surface area contributed by atoms with Crippen LogP contribution in [0.25, 0.3) is 0 Å². The maximum absolute atomic E-state index is 12.3. The lowest BCUT2D eigenvalue weighted by atomic mass is 10.1. The van der Waals surface area contributed by atoms with Crippen LogP contribution in [0.2, 0.25) is 5.15 Å². The lowest BCUT2D eigenvalue weighted by Crippen LogP contribution is -2.35. The van der Waals surface area contributed by atoms with Crippen molar-refractivity contribution in [1.82, 2.24) is 9.29 Å². The zero-order chi connectivity index (χ0) is 13.9. The summed E-state index contributed by atoms with van der Waals surface area (Å²) in [5.74, 6) is 0. The average Bonchev–Trinajstić information content (AvgIpc) is 2.40. The molecule has 0 aliphatic carbocycles. The van der Waals surface area contributed by atoms with Gasteiger partial charge in [0.25, 0.3) is 0 Å². The summed E-state index contributed by atoms with van der Waals surface area (Å²) in [7, 11) is -1.86. The number of pyridine rings is 1. The van der Waals surface area contributed by atoms with Crippen molar-refractivity contribution in [3.63, 3.8) is 0 Å². The van der Waals surface area contributed by atoms with E-state index in [1.54, 1.807) is 7.11 Å². The monoisotopic (exact) mass is 302 g/mol. The highest BCUT2D eigenvalue weighted by molar-refractivity contribution is 7.89. The Balaban J connectivity index is 2.16. The molecule has 0 N–H and O–H groups in total. The van der Waals surface area contributed by atoms with Crippen molar-refractivity contribution in [2.45, 2.75) is 11.3 Å². The highest BCUT2D eigenvalue weighted by atomic mass is 35.5. The van der Waals surface area contributed by atoms with Gasteiger partial charge in [-0.25, -0.2) is 13.4 Å². The Morgan fingerprint density at radius 3 is 2.79 bits per heavy atom. The van der Waals surface area contributed by atoms with Crippen molar-refractivity contribution in [1.29, 1.82) is 0 Å². The maximum atomic E-state index is 12.3. The van der Waals surface area contributed by atoms with Crippen molar-refractivity contribution >= 4 is 21.6 Å². The standard InChI is InChI=1S/C12H15ClN2O3S/c1-18-9-10-4-6-15(7-5-10)19(16,17)11-2-3-12(13)14-8-11/h2-4,8H,5-7,9H2,1H3. The maximum Gasteiger partial charge on any atom is 0.244 e. The Hall–Kier alpha value is -0.950. The van der Waals surface area contributed by atoms with Crippen molar-refractivity contribution in [3.8, 4) is 0 Å². The fraction of sp³-hybridized carbons (Fsp3) is 0.417. The van der Waals surface area contributed by atoms with Crippen LogP contribution in [0.3, 0.4) is 0 Å². The lowest BCUT2D eigenvalue weighted by Gasteiger charge is -2.25. The molecule has 0 saturated carbocycles. The molecule has 0 spiro atoms. The van der Waals surface area contributed by atoms with E-state index in [0.717, 1.165) is 5.57 Å². The van der Waals surface area contributed by atoms with Gasteiger partial charge in [0, 0.05) is 26.4 Å². The third kappa shape index (κ3) is 3.33. The largest absolute Gasteiger partial charge is 0.380 e. The van der Waals surface area contributed by atoms with Gasteiger partial charge in [-0.05, 0) is 24.1 Å². The summed E-state index contributed by atoms with van der Waals surface area (Å²) in [6, 6.07) is 2.95. The SMILES string of the molecule is COCC1=CCN(S(=O)(=O)c2ccc(Cl)nc2)CC1. The first-order valence-corrected chi connectivity index (χ1v) is 7.64. The normalized spacial score (nSPS) is 17.3. The van der Waals surface area contributed by atoms with E-state index in [1.165, 1.54) is 22.6 Å². The topological polar surface area (TPSA) is 59.5 Å². The molecule has 0 fully saturated rings. The molecule has 1 aliphatic heterocycles. The lowest BCUT2D eigenvalue weighted by molar-refractivity contribution is 0.219. The van der Waals surface area contributed by atoms with Gasteiger partial charge in [-0.1, -0.05) is 17.7 Å². The van der Waals surface area contributed by atoms with E-state index in [9.17, 15) is 8.42 Å². The number of methoxy groups -OCH3 is 1. The second kappa shape index (κ2) is 6.00. The van der Waals surface area contributed by atoms with Gasteiger partial charge in [0.1, 0.15) is 10.0 Å². The second-order valence-corrected chi connectivity index (χ2v) is 6.55. The van der Waals surface area contributed by atoms with E-state index in [1.807, 2.05) is 6.08 Å². The molecule has 2 heterocycles. The van der Waals surface area contributed by atoms with E-state index >= 15 is 0 Å². The molecular weight excluding hydrogens is 288 g/mol. The number of hydrogen-bond acceptors (Lipinski definition) is 4. The van der Waals surface area contributed by atoms with Crippen LogP contribution in [-0.2, 0) is 14.8 Å². The molecule has 5 nitrogen and oxygen atoms in total. The predicted octanol–water partition coefficient (Wildman–Crippen LogP) is 1.70. The Morgan fingerprint density at radius 2 is 2.26 bits per heavy atom. The number of ether oxygens (including phenoxy) is 1. The summed E-state index contributed by atoms with van der Waals surface area (Å²) < 4.78 is 31.2. The molecule has 7 heteroatoms. The smallest absolute Gasteiger partial charge is 0.244 e. The molecule has 1 aromatic rings. The van der Waals surface area contributed by atoms with Crippen LogP contribution >= 0.6 is 11.6 Å². The first-order valence-electron chi connectivity index (χ1n) is 5.82. The second-order valence-electron chi connectivity index (χ2n) is 4.23. The number of sulfonamides is 1. The van der Waals surface area contributed by atoms with Gasteiger partial charge in [0.2, 0.25) is 10.0 Å². The van der Waals surface area contributed by atoms with Crippen molar-refractivity contribution in [2.75, 3.05) is 26.8 Å². The fourth-order valence-corrected chi connectivity index (χ4v) is 3.33. The summed E-state index contributed by atoms with van der Waals surface area (Å²) in [6.07, 6.45) is 3.87. The van der Waals surface area contributed by atoms with Gasteiger partial charge in [0.05, 0.1) is 6.61 Å². The van der Waals surface area contributed by atoms with Gasteiger partial charge in [0.15, 0.2) is 0 Å². The van der Waals surface area contributed by atoms with Crippen molar-refractivity contribution < 1.29 is 13.2 Å². The van der Waals surface area contributed by atoms with Gasteiger partial charge in [-0.2, -0.15) is 4.31 Å². The molecule has 19 heavy (non-hydrogen) atoms. The molecule has 0 saturated heterocycles. The van der Waals surface area contributed by atoms with E-state index in [4.69, 9.17) is 16.3 Å². The zero-order valence-electron chi connectivity index (χ0n) is 10.5. The van der Waals surface area contributed by atoms with E-state index in [-0.39, 0.29) is 10.0 Å². The average molecular weight is 303 g/mol. The number of rotatable bonds is 4. The molecule has 0 atom stereocenters. The predicted molar refractivity (Wildman–Crippen MR) is 72.6 cm³/mol. The summed E-state index contributed by atoms with van der Waals surface area (Å²) in [4.78, 5) is 3.98. The van der Waals surface area contributed by atoms with Gasteiger partial charge >= 0.3 is 0 Å². The summed E-state index contributed by atoms with van der Waals surface area (Å²) >= 11 is 5.66. The Bertz CT molecular complexity index is 569. The molecular formula is C12H15ClN2O3S. The number of hydrogen-bond donors (Lipinski definition) is 0. The molecule has 0 bridgehead atoms. The Morgan fingerprint density at radius 1 is 1.47 bits per heavy atom.